The molecule has 0 aliphatic heterocycles. The Labute approximate surface area is 31.2 Å². The van der Waals surface area contributed by atoms with Gasteiger partial charge in [0.05, 0.1) is 0 Å². The maximum atomic E-state index is 6.14. The van der Waals surface area contributed by atoms with Gasteiger partial charge in [0.15, 0.2) is 6.52 Å². The molecule has 0 bridgehead atoms. The Morgan fingerprint density at radius 3 is 2.50 bits per heavy atom. The summed E-state index contributed by atoms with van der Waals surface area (Å²) >= 11 is 4.18. The Balaban J connectivity index is 2.85. The normalized spacial score (nSPS) is 8.50. The summed E-state index contributed by atoms with van der Waals surface area (Å²) < 4.78 is 6.14. The molecule has 4 N–H and O–H groups in total. The molecule has 24 valence electrons. The smallest absolute Gasteiger partial charge is 0.160 e. The SMILES string of the molecule is [2H]NC(N)=S. The highest BCUT2D eigenvalue weighted by atomic mass is 32.1. The van der Waals surface area contributed by atoms with Gasteiger partial charge >= 0.3 is 0 Å². The lowest BCUT2D eigenvalue weighted by atomic mass is 11.3. The molecule has 0 rings (SSSR count). The molecule has 2 nitrogen and oxygen atoms in total. The lowest BCUT2D eigenvalue weighted by molar-refractivity contribution is 1.65. The number of hydrogen-bond acceptors (Lipinski definition) is 1. The van der Waals surface area contributed by atoms with Crippen molar-refractivity contribution in [3.8, 4) is 0 Å². The Morgan fingerprint density at radius 2 is 2.50 bits per heavy atom. The molecule has 0 spiro atoms. The third kappa shape index (κ3) is 8.37. The largest absolute Gasteiger partial charge is 0.377 e. The molecule has 0 amide bonds. The highest BCUT2D eigenvalue weighted by molar-refractivity contribution is 7.80. The van der Waals surface area contributed by atoms with Gasteiger partial charge in [0, 0.05) is 0 Å². The van der Waals surface area contributed by atoms with Gasteiger partial charge in [0.1, 0.15) is 0 Å². The van der Waals surface area contributed by atoms with Gasteiger partial charge in [-0.25, -0.2) is 0 Å². The Hall–Kier alpha value is -0.310. The van der Waals surface area contributed by atoms with E-state index in [0.29, 0.717) is 0 Å². The molecule has 0 radical (unpaired) electrons. The van der Waals surface area contributed by atoms with Crippen LogP contribution in [0.4, 0.5) is 0 Å². The molecule has 0 aromatic carbocycles. The predicted molar refractivity (Wildman–Crippen MR) is 21.0 cm³/mol. The average Bonchev–Trinajstić information content (AvgIpc) is 1.38. The number of thiocarbonyl (C=S) groups is 1. The first-order chi connectivity index (χ1) is 2.27. The minimum Gasteiger partial charge on any atom is -0.377 e. The molecule has 0 fully saturated rings. The first-order valence-electron chi connectivity index (χ1n) is 1.24. The van der Waals surface area contributed by atoms with Crippen LogP contribution < -0.4 is 11.5 Å². The van der Waals surface area contributed by atoms with Crippen molar-refractivity contribution in [3.05, 3.63) is 0 Å². The third-order valence-electron chi connectivity index (χ3n) is 0. The number of nitrogens with two attached hydrogens (primary N) is 2. The maximum absolute atomic E-state index is 6.14. The van der Waals surface area contributed by atoms with Crippen molar-refractivity contribution in [1.82, 2.24) is 0 Å². The van der Waals surface area contributed by atoms with Crippen LogP contribution in [0, 0.1) is 0 Å². The fraction of sp³-hybridized carbons (Fsp3) is 0. The summed E-state index contributed by atoms with van der Waals surface area (Å²) in [7, 11) is 0. The second-order valence-corrected chi connectivity index (χ2v) is 0.804. The molecule has 0 saturated heterocycles. The highest BCUT2D eigenvalue weighted by Gasteiger charge is 1.53. The fourth-order valence-corrected chi connectivity index (χ4v) is 0. The van der Waals surface area contributed by atoms with Gasteiger partial charge in [0.2, 0.25) is 0 Å². The van der Waals surface area contributed by atoms with Gasteiger partial charge in [-0.05, 0) is 12.2 Å². The van der Waals surface area contributed by atoms with E-state index in [0.717, 1.165) is 0 Å². The van der Waals surface area contributed by atoms with Crippen LogP contribution in [0.3, 0.4) is 0 Å². The molecule has 4 heavy (non-hydrogen) atoms. The van der Waals surface area contributed by atoms with Crippen LogP contribution in [-0.2, 0) is 0 Å². The van der Waals surface area contributed by atoms with Crippen LogP contribution >= 0.6 is 12.2 Å². The first kappa shape index (κ1) is 1.96. The molecule has 3 heteroatoms. The zero-order valence-corrected chi connectivity index (χ0v) is 2.80. The highest BCUT2D eigenvalue weighted by Crippen LogP contribution is 1.32. The van der Waals surface area contributed by atoms with Crippen LogP contribution in [0.1, 0.15) is 0 Å². The van der Waals surface area contributed by atoms with Gasteiger partial charge in [-0.3, -0.25) is 0 Å². The molecule has 0 unspecified atom stereocenters. The molecule has 0 aromatic heterocycles. The summed E-state index contributed by atoms with van der Waals surface area (Å²) in [4.78, 5) is 0. The first-order valence-corrected chi connectivity index (χ1v) is 1.15. The minimum absolute atomic E-state index is 0.00463. The monoisotopic (exact) mass is 77.0 g/mol. The van der Waals surface area contributed by atoms with Gasteiger partial charge in [-0.2, -0.15) is 0 Å². The van der Waals surface area contributed by atoms with Crippen molar-refractivity contribution in [2.24, 2.45) is 11.5 Å². The van der Waals surface area contributed by atoms with E-state index in [1.165, 1.54) is 0 Å². The Bertz CT molecular complexity index is 44.9. The van der Waals surface area contributed by atoms with E-state index in [4.69, 9.17) is 7.15 Å². The molecule has 0 aliphatic rings. The summed E-state index contributed by atoms with van der Waals surface area (Å²) in [5.74, 6) is 0. The van der Waals surface area contributed by atoms with Gasteiger partial charge in [-0.1, -0.05) is 0 Å². The second-order valence-electron chi connectivity index (χ2n) is 0.364. The minimum atomic E-state index is 0.00463. The molecule has 0 aliphatic carbocycles. The summed E-state index contributed by atoms with van der Waals surface area (Å²) in [6, 6.07) is 0. The molecule has 0 atom stereocenters. The third-order valence-corrected chi connectivity index (χ3v) is 0. The van der Waals surface area contributed by atoms with Gasteiger partial charge < -0.3 is 11.5 Å². The van der Waals surface area contributed by atoms with E-state index in [-0.39, 0.29) is 5.11 Å². The summed E-state index contributed by atoms with van der Waals surface area (Å²) in [5.41, 5.74) is 6.51. The van der Waals surface area contributed by atoms with Crippen LogP contribution in [0.2, 0.25) is 1.41 Å². The van der Waals surface area contributed by atoms with E-state index in [1.54, 1.807) is 5.73 Å². The fourth-order valence-electron chi connectivity index (χ4n) is 0. The van der Waals surface area contributed by atoms with Crippen molar-refractivity contribution < 1.29 is 1.41 Å². The molecular weight excluding hydrogens is 72.1 g/mol. The zero-order valence-electron chi connectivity index (χ0n) is 2.99. The van der Waals surface area contributed by atoms with Crippen LogP contribution in [0.5, 0.6) is 0 Å². The lowest BCUT2D eigenvalue weighted by Gasteiger charge is -1.68. The van der Waals surface area contributed by atoms with E-state index in [1.807, 2.05) is 0 Å². The Kier molecular flexibility index (Phi) is 0.521. The number of hydrogen-bond donors (Lipinski definition) is 2. The quantitative estimate of drug-likeness (QED) is 0.372. The van der Waals surface area contributed by atoms with Crippen molar-refractivity contribution in [2.75, 3.05) is 0 Å². The second kappa shape index (κ2) is 1.06. The summed E-state index contributed by atoms with van der Waals surface area (Å²) in [6.45, 7) is 0. The average molecular weight is 77.1 g/mol. The van der Waals surface area contributed by atoms with Gasteiger partial charge in [-0.15, -0.1) is 0 Å². The predicted octanol–water partition coefficient (Wildman–Crippen LogP) is -0.811. The van der Waals surface area contributed by atoms with Crippen LogP contribution in [0.25, 0.3) is 0 Å². The van der Waals surface area contributed by atoms with Crippen molar-refractivity contribution in [3.63, 3.8) is 0 Å². The van der Waals surface area contributed by atoms with Crippen LogP contribution in [0.15, 0.2) is 0 Å². The van der Waals surface area contributed by atoms with Crippen LogP contribution in [-0.4, -0.2) is 5.11 Å². The molecular formula is CH4N2S. The Morgan fingerprint density at radius 1 is 2.25 bits per heavy atom. The van der Waals surface area contributed by atoms with Crippen molar-refractivity contribution in [1.29, 1.82) is 0 Å². The van der Waals surface area contributed by atoms with E-state index in [2.05, 4.69) is 12.2 Å². The maximum Gasteiger partial charge on any atom is 0.160 e. The molecule has 0 saturated carbocycles. The van der Waals surface area contributed by atoms with E-state index >= 15 is 0 Å². The van der Waals surface area contributed by atoms with E-state index < -0.39 is 0 Å². The summed E-state index contributed by atoms with van der Waals surface area (Å²) in [6.07, 6.45) is 0. The molecule has 0 aromatic rings. The van der Waals surface area contributed by atoms with Crippen molar-refractivity contribution >= 4 is 17.3 Å². The number of rotatable bonds is 0. The van der Waals surface area contributed by atoms with Crippen molar-refractivity contribution in [2.45, 2.75) is 0 Å². The molecule has 0 heterocycles. The summed E-state index contributed by atoms with van der Waals surface area (Å²) in [5, 5.41) is 0.00463. The zero-order chi connectivity index (χ0) is 4.28. The topological polar surface area (TPSA) is 52.0 Å². The lowest BCUT2D eigenvalue weighted by Crippen LogP contribution is -2.18. The van der Waals surface area contributed by atoms with Gasteiger partial charge in [0.25, 0.3) is 0 Å². The van der Waals surface area contributed by atoms with E-state index in [9.17, 15) is 0 Å². The standard InChI is InChI=1S/CH4N2S/c2-1(3)4/h(H4,2,3,4)/i/hD.